The Labute approximate surface area is 184 Å². The molecule has 0 bridgehead atoms. The van der Waals surface area contributed by atoms with E-state index in [2.05, 4.69) is 10.3 Å². The van der Waals surface area contributed by atoms with E-state index in [4.69, 9.17) is 34.2 Å². The fraction of sp³-hybridized carbons (Fsp3) is 0.222. The Morgan fingerprint density at radius 1 is 1.31 bits per heavy atom. The second-order valence-electron chi connectivity index (χ2n) is 6.55. The Hall–Kier alpha value is -3.44. The average Bonchev–Trinajstić information content (AvgIpc) is 2.73. The van der Waals surface area contributed by atoms with Gasteiger partial charge >= 0.3 is 6.03 Å². The van der Waals surface area contributed by atoms with Gasteiger partial charge in [-0.15, -0.1) is 0 Å². The third-order valence-electron chi connectivity index (χ3n) is 4.36. The summed E-state index contributed by atoms with van der Waals surface area (Å²) in [6, 6.07) is 4.43. The third kappa shape index (κ3) is 5.42. The standard InChI is InChI=1S/C18H18ClF3N8O2/c19-11-3-8(6-23)7-27-14(11)15(31)28-9-1-2-12(20)10(4-9)18(16(21)22,29-17(25)32)5-13(24)30-26/h1-4,7,13,16,30H,5,24,26H2,(H,28,31)(H3,25,29,32)/t13-,18-/m1/s1. The maximum Gasteiger partial charge on any atom is 0.313 e. The minimum atomic E-state index is -3.37. The van der Waals surface area contributed by atoms with Gasteiger partial charge in [0.05, 0.1) is 16.8 Å². The zero-order valence-corrected chi connectivity index (χ0v) is 17.0. The van der Waals surface area contributed by atoms with Crippen molar-refractivity contribution in [3.63, 3.8) is 0 Å². The van der Waals surface area contributed by atoms with Crippen molar-refractivity contribution < 1.29 is 22.8 Å². The number of nitrogens with zero attached hydrogens (tertiary/aromatic N) is 2. The molecule has 0 aliphatic heterocycles. The van der Waals surface area contributed by atoms with Crippen LogP contribution in [0.25, 0.3) is 0 Å². The Morgan fingerprint density at radius 3 is 2.53 bits per heavy atom. The van der Waals surface area contributed by atoms with E-state index >= 15 is 0 Å². The van der Waals surface area contributed by atoms with Gasteiger partial charge in [0.15, 0.2) is 0 Å². The van der Waals surface area contributed by atoms with Crippen molar-refractivity contribution in [2.75, 3.05) is 5.32 Å². The van der Waals surface area contributed by atoms with Crippen LogP contribution < -0.4 is 33.4 Å². The summed E-state index contributed by atoms with van der Waals surface area (Å²) in [6.07, 6.45) is -4.29. The maximum absolute atomic E-state index is 14.6. The summed E-state index contributed by atoms with van der Waals surface area (Å²) in [5.41, 5.74) is 9.02. The summed E-state index contributed by atoms with van der Waals surface area (Å²) >= 11 is 5.94. The van der Waals surface area contributed by atoms with Gasteiger partial charge < -0.3 is 22.1 Å². The van der Waals surface area contributed by atoms with Crippen LogP contribution in [0.3, 0.4) is 0 Å². The number of hydrazine groups is 1. The zero-order valence-electron chi connectivity index (χ0n) is 16.2. The fourth-order valence-electron chi connectivity index (χ4n) is 2.92. The molecule has 32 heavy (non-hydrogen) atoms. The summed E-state index contributed by atoms with van der Waals surface area (Å²) in [7, 11) is 0. The molecule has 0 aliphatic rings. The zero-order chi connectivity index (χ0) is 24.1. The number of aromatic nitrogens is 1. The summed E-state index contributed by atoms with van der Waals surface area (Å²) in [4.78, 5) is 27.7. The summed E-state index contributed by atoms with van der Waals surface area (Å²) in [6.45, 7) is 0. The van der Waals surface area contributed by atoms with E-state index in [1.165, 1.54) is 6.07 Å². The highest BCUT2D eigenvalue weighted by Crippen LogP contribution is 2.36. The van der Waals surface area contributed by atoms with Gasteiger partial charge in [-0.1, -0.05) is 11.6 Å². The van der Waals surface area contributed by atoms with Crippen molar-refractivity contribution in [2.24, 2.45) is 17.3 Å². The first kappa shape index (κ1) is 24.8. The SMILES string of the molecule is N#Cc1cnc(C(=O)Nc2ccc(F)c([C@@](C[C@H](N)NN)(NC(N)=O)C(F)F)c2)c(Cl)c1. The molecule has 9 N–H and O–H groups in total. The van der Waals surface area contributed by atoms with Gasteiger partial charge in [0.1, 0.15) is 23.1 Å². The average molecular weight is 471 g/mol. The number of primary amides is 1. The number of nitrogens with two attached hydrogens (primary N) is 3. The number of hydrogen-bond acceptors (Lipinski definition) is 7. The first-order valence-electron chi connectivity index (χ1n) is 8.78. The molecule has 2 aromatic rings. The van der Waals surface area contributed by atoms with Gasteiger partial charge in [0, 0.05) is 23.9 Å². The number of nitriles is 1. The Balaban J connectivity index is 2.50. The molecule has 0 saturated carbocycles. The van der Waals surface area contributed by atoms with E-state index in [1.807, 2.05) is 10.7 Å². The van der Waals surface area contributed by atoms with E-state index in [9.17, 15) is 22.8 Å². The molecule has 1 aromatic heterocycles. The molecule has 10 nitrogen and oxygen atoms in total. The highest BCUT2D eigenvalue weighted by Gasteiger charge is 2.46. The predicted octanol–water partition coefficient (Wildman–Crippen LogP) is 1.26. The number of alkyl halides is 2. The normalized spacial score (nSPS) is 13.7. The van der Waals surface area contributed by atoms with Gasteiger partial charge in [0.25, 0.3) is 12.3 Å². The summed E-state index contributed by atoms with van der Waals surface area (Å²) in [5, 5.41) is 12.9. The smallest absolute Gasteiger partial charge is 0.313 e. The van der Waals surface area contributed by atoms with Crippen LogP contribution in [0, 0.1) is 17.1 Å². The Bertz CT molecular complexity index is 1070. The number of anilines is 1. The molecular formula is C18H18ClF3N8O2. The molecule has 0 saturated heterocycles. The van der Waals surface area contributed by atoms with Crippen LogP contribution in [0.1, 0.15) is 28.0 Å². The van der Waals surface area contributed by atoms with Gasteiger partial charge in [-0.25, -0.2) is 28.4 Å². The van der Waals surface area contributed by atoms with Crippen LogP contribution in [0.2, 0.25) is 5.02 Å². The van der Waals surface area contributed by atoms with Crippen molar-refractivity contribution >= 4 is 29.2 Å². The van der Waals surface area contributed by atoms with E-state index in [-0.39, 0.29) is 22.0 Å². The van der Waals surface area contributed by atoms with Gasteiger partial charge in [-0.05, 0) is 24.3 Å². The lowest BCUT2D eigenvalue weighted by Crippen LogP contribution is -2.58. The maximum atomic E-state index is 14.6. The van der Waals surface area contributed by atoms with Crippen LogP contribution in [-0.4, -0.2) is 29.5 Å². The summed E-state index contributed by atoms with van der Waals surface area (Å²) in [5.74, 6) is 3.18. The molecule has 2 atom stereocenters. The van der Waals surface area contributed by atoms with E-state index in [0.29, 0.717) is 0 Å². The minimum Gasteiger partial charge on any atom is -0.352 e. The van der Waals surface area contributed by atoms with Gasteiger partial charge in [-0.2, -0.15) is 5.26 Å². The summed E-state index contributed by atoms with van der Waals surface area (Å²) < 4.78 is 43.0. The molecular weight excluding hydrogens is 453 g/mol. The number of rotatable bonds is 8. The number of carbonyl (C=O) groups excluding carboxylic acids is 2. The number of hydrogen-bond donors (Lipinski definition) is 6. The van der Waals surface area contributed by atoms with Gasteiger partial charge in [0.2, 0.25) is 0 Å². The van der Waals surface area contributed by atoms with Crippen molar-refractivity contribution in [3.05, 3.63) is 58.1 Å². The predicted molar refractivity (Wildman–Crippen MR) is 109 cm³/mol. The molecule has 170 valence electrons. The lowest BCUT2D eigenvalue weighted by Gasteiger charge is -2.36. The van der Waals surface area contributed by atoms with E-state index in [0.717, 1.165) is 24.4 Å². The first-order valence-corrected chi connectivity index (χ1v) is 9.16. The highest BCUT2D eigenvalue weighted by molar-refractivity contribution is 6.34. The second-order valence-corrected chi connectivity index (χ2v) is 6.96. The van der Waals surface area contributed by atoms with E-state index < -0.39 is 47.9 Å². The molecule has 0 aliphatic carbocycles. The highest BCUT2D eigenvalue weighted by atomic mass is 35.5. The molecule has 1 heterocycles. The number of urea groups is 1. The first-order chi connectivity index (χ1) is 15.0. The molecule has 14 heteroatoms. The molecule has 0 fully saturated rings. The van der Waals surface area contributed by atoms with Crippen molar-refractivity contribution in [1.82, 2.24) is 15.7 Å². The lowest BCUT2D eigenvalue weighted by atomic mass is 9.85. The van der Waals surface area contributed by atoms with Crippen LogP contribution >= 0.6 is 11.6 Å². The number of benzene rings is 1. The number of pyridine rings is 1. The topological polar surface area (TPSA) is 185 Å². The number of halogens is 4. The van der Waals surface area contributed by atoms with Crippen molar-refractivity contribution in [2.45, 2.75) is 24.6 Å². The van der Waals surface area contributed by atoms with Crippen LogP contribution in [0.4, 0.5) is 23.7 Å². The van der Waals surface area contributed by atoms with Crippen molar-refractivity contribution in [1.29, 1.82) is 5.26 Å². The van der Waals surface area contributed by atoms with Gasteiger partial charge in [-0.3, -0.25) is 10.6 Å². The quantitative estimate of drug-likeness (QED) is 0.190. The molecule has 0 unspecified atom stereocenters. The number of nitrogens with one attached hydrogen (secondary N) is 3. The third-order valence-corrected chi connectivity index (χ3v) is 4.65. The molecule has 0 spiro atoms. The Kier molecular flexibility index (Phi) is 7.95. The lowest BCUT2D eigenvalue weighted by molar-refractivity contribution is 0.0207. The van der Waals surface area contributed by atoms with Crippen LogP contribution in [0.15, 0.2) is 30.5 Å². The van der Waals surface area contributed by atoms with Crippen LogP contribution in [0.5, 0.6) is 0 Å². The second kappa shape index (κ2) is 10.2. The minimum absolute atomic E-state index is 0.111. The number of carbonyl (C=O) groups is 2. The molecule has 2 rings (SSSR count). The molecule has 1 aromatic carbocycles. The van der Waals surface area contributed by atoms with E-state index in [1.54, 1.807) is 6.07 Å². The molecule has 3 amide bonds. The Morgan fingerprint density at radius 2 is 2.00 bits per heavy atom. The van der Waals surface area contributed by atoms with Crippen molar-refractivity contribution in [3.8, 4) is 6.07 Å². The number of amides is 3. The monoisotopic (exact) mass is 470 g/mol. The van der Waals surface area contributed by atoms with Crippen LogP contribution in [-0.2, 0) is 5.54 Å². The largest absolute Gasteiger partial charge is 0.352 e. The fourth-order valence-corrected chi connectivity index (χ4v) is 3.17. The molecule has 0 radical (unpaired) electrons.